The number of benzene rings is 11. The molecule has 11 aromatic carbocycles. The molecule has 3 nitrogen and oxygen atoms in total. The van der Waals surface area contributed by atoms with Gasteiger partial charge in [-0.3, -0.25) is 0 Å². The van der Waals surface area contributed by atoms with Gasteiger partial charge < -0.3 is 13.7 Å². The van der Waals surface area contributed by atoms with Crippen molar-refractivity contribution in [2.75, 3.05) is 0 Å². The number of aromatic nitrogens is 3. The molecule has 0 radical (unpaired) electrons. The second kappa shape index (κ2) is 16.1. The second-order valence-corrected chi connectivity index (χ2v) is 22.2. The van der Waals surface area contributed by atoms with Crippen molar-refractivity contribution in [3.05, 3.63) is 273 Å². The van der Waals surface area contributed by atoms with Crippen LogP contribution in [-0.2, 0) is 0 Å². The topological polar surface area (TPSA) is 14.8 Å². The lowest BCUT2D eigenvalue weighted by atomic mass is 10.1. The van der Waals surface area contributed by atoms with Crippen LogP contribution in [0.3, 0.4) is 0 Å². The van der Waals surface area contributed by atoms with Crippen molar-refractivity contribution in [3.63, 3.8) is 0 Å². The molecule has 0 atom stereocenters. The van der Waals surface area contributed by atoms with Gasteiger partial charge in [0.1, 0.15) is 0 Å². The monoisotopic (exact) mass is 907 g/mol. The molecule has 4 heteroatoms. The molecular weight excluding hydrogens is 863 g/mol. The highest BCUT2D eigenvalue weighted by atomic mass is 28.3. The quantitative estimate of drug-likeness (QED) is 0.107. The normalized spacial score (nSPS) is 12.0. The average Bonchev–Trinajstić information content (AvgIpc) is 4.08. The van der Waals surface area contributed by atoms with Gasteiger partial charge in [0.05, 0.1) is 38.8 Å². The van der Waals surface area contributed by atoms with E-state index in [2.05, 4.69) is 287 Å². The van der Waals surface area contributed by atoms with Gasteiger partial charge in [-0.05, 0) is 86.5 Å². The molecule has 0 aliphatic rings. The van der Waals surface area contributed by atoms with Crippen LogP contribution in [-0.4, -0.2) is 21.8 Å². The average molecular weight is 908 g/mol. The van der Waals surface area contributed by atoms with Crippen LogP contribution in [0, 0.1) is 0 Å². The first-order valence-corrected chi connectivity index (χ1v) is 26.2. The van der Waals surface area contributed by atoms with Crippen molar-refractivity contribution < 1.29 is 0 Å². The summed E-state index contributed by atoms with van der Waals surface area (Å²) in [5.74, 6) is 0. The molecule has 0 aliphatic carbocycles. The van der Waals surface area contributed by atoms with Crippen molar-refractivity contribution in [2.45, 2.75) is 0 Å². The van der Waals surface area contributed by atoms with E-state index in [0.717, 1.165) is 22.6 Å². The third kappa shape index (κ3) is 5.94. The standard InChI is InChI=1S/C66H45N3Si/c1-5-21-46(22-6-1)47-39-41-48(42-40-47)67-58-33-16-13-31-55(58)56-44-43-49(45-63(56)67)68-61-36-20-38-64(70(50-23-7-2-8-24-50,51-25-9-3-10-26-51)52-27-11-4-12-28-52)65(61)57-32-19-37-62(66(57)68)69-59-34-17-14-29-53(59)54-30-15-18-35-60(54)69/h1-45H. The Hall–Kier alpha value is -8.96. The van der Waals surface area contributed by atoms with Crippen LogP contribution in [0.5, 0.6) is 0 Å². The highest BCUT2D eigenvalue weighted by Gasteiger charge is 2.43. The number of fused-ring (bicyclic) bond motifs is 9. The smallest absolute Gasteiger partial charge is 0.180 e. The Morgan fingerprint density at radius 1 is 0.257 bits per heavy atom. The summed E-state index contributed by atoms with van der Waals surface area (Å²) in [6.45, 7) is 0. The van der Waals surface area contributed by atoms with Crippen LogP contribution >= 0.6 is 0 Å². The summed E-state index contributed by atoms with van der Waals surface area (Å²) in [7, 11) is -3.01. The lowest BCUT2D eigenvalue weighted by Crippen LogP contribution is -2.74. The Morgan fingerprint density at radius 3 is 1.26 bits per heavy atom. The van der Waals surface area contributed by atoms with Crippen LogP contribution < -0.4 is 20.7 Å². The predicted molar refractivity (Wildman–Crippen MR) is 299 cm³/mol. The van der Waals surface area contributed by atoms with Crippen molar-refractivity contribution in [1.82, 2.24) is 13.7 Å². The first kappa shape index (κ1) is 40.1. The number of hydrogen-bond donors (Lipinski definition) is 0. The van der Waals surface area contributed by atoms with E-state index < -0.39 is 8.07 Å². The summed E-state index contributed by atoms with van der Waals surface area (Å²) in [5, 5.41) is 12.9. The first-order valence-electron chi connectivity index (χ1n) is 24.2. The molecule has 0 spiro atoms. The minimum absolute atomic E-state index is 1.11. The summed E-state index contributed by atoms with van der Waals surface area (Å²) >= 11 is 0. The summed E-state index contributed by atoms with van der Waals surface area (Å²) in [6.07, 6.45) is 0. The van der Waals surface area contributed by atoms with E-state index >= 15 is 0 Å². The SMILES string of the molecule is c1ccc(-c2ccc(-n3c4ccccc4c4ccc(-n5c6cccc([Si](c7ccccc7)(c7ccccc7)c7ccccc7)c6c6cccc(-n7c8ccccc8c8ccccc87)c65)cc43)cc2)cc1. The third-order valence-electron chi connectivity index (χ3n) is 14.8. The molecule has 0 N–H and O–H groups in total. The highest BCUT2D eigenvalue weighted by Crippen LogP contribution is 2.41. The molecule has 14 rings (SSSR count). The number of para-hydroxylation sites is 4. The maximum atomic E-state index is 2.58. The first-order chi connectivity index (χ1) is 34.8. The molecule has 70 heavy (non-hydrogen) atoms. The molecule has 0 saturated heterocycles. The third-order valence-corrected chi connectivity index (χ3v) is 19.6. The Morgan fingerprint density at radius 2 is 0.686 bits per heavy atom. The summed E-state index contributed by atoms with van der Waals surface area (Å²) in [6, 6.07) is 101. The molecule has 3 heterocycles. The molecule has 14 aromatic rings. The van der Waals surface area contributed by atoms with Gasteiger partial charge in [0.15, 0.2) is 8.07 Å². The van der Waals surface area contributed by atoms with Gasteiger partial charge in [-0.1, -0.05) is 218 Å². The molecule has 0 aliphatic heterocycles. The number of rotatable bonds is 8. The molecule has 3 aromatic heterocycles. The Balaban J connectivity index is 1.13. The van der Waals surface area contributed by atoms with Crippen LogP contribution in [0.4, 0.5) is 0 Å². The van der Waals surface area contributed by atoms with Crippen molar-refractivity contribution in [2.24, 2.45) is 0 Å². The minimum Gasteiger partial charge on any atom is -0.309 e. The van der Waals surface area contributed by atoms with Gasteiger partial charge >= 0.3 is 0 Å². The number of nitrogens with zero attached hydrogens (tertiary/aromatic N) is 3. The molecular formula is C66H45N3Si. The van der Waals surface area contributed by atoms with E-state index in [1.165, 1.54) is 91.8 Å². The zero-order valence-corrected chi connectivity index (χ0v) is 39.3. The minimum atomic E-state index is -3.01. The summed E-state index contributed by atoms with van der Waals surface area (Å²) in [5.41, 5.74) is 12.8. The fourth-order valence-corrected chi connectivity index (χ4v) is 16.9. The van der Waals surface area contributed by atoms with Gasteiger partial charge in [0.2, 0.25) is 0 Å². The van der Waals surface area contributed by atoms with Gasteiger partial charge in [0, 0.05) is 43.7 Å². The zero-order chi connectivity index (χ0) is 46.2. The molecule has 0 unspecified atom stereocenters. The summed E-state index contributed by atoms with van der Waals surface area (Å²) < 4.78 is 7.53. The zero-order valence-electron chi connectivity index (χ0n) is 38.3. The van der Waals surface area contributed by atoms with Gasteiger partial charge in [-0.15, -0.1) is 0 Å². The van der Waals surface area contributed by atoms with E-state index in [0.29, 0.717) is 0 Å². The maximum absolute atomic E-state index is 3.01. The lowest BCUT2D eigenvalue weighted by Gasteiger charge is -2.35. The molecule has 0 amide bonds. The predicted octanol–water partition coefficient (Wildman–Crippen LogP) is 14.0. The van der Waals surface area contributed by atoms with Gasteiger partial charge in [-0.2, -0.15) is 0 Å². The lowest BCUT2D eigenvalue weighted by molar-refractivity contribution is 1.13. The van der Waals surface area contributed by atoms with Crippen molar-refractivity contribution >= 4 is 94.2 Å². The van der Waals surface area contributed by atoms with Gasteiger partial charge in [0.25, 0.3) is 0 Å². The molecule has 328 valence electrons. The second-order valence-electron chi connectivity index (χ2n) is 18.4. The largest absolute Gasteiger partial charge is 0.309 e. The van der Waals surface area contributed by atoms with E-state index in [1.807, 2.05) is 0 Å². The summed E-state index contributed by atoms with van der Waals surface area (Å²) in [4.78, 5) is 0. The Bertz CT molecular complexity index is 4110. The van der Waals surface area contributed by atoms with Crippen molar-refractivity contribution in [3.8, 4) is 28.2 Å². The maximum Gasteiger partial charge on any atom is 0.180 e. The van der Waals surface area contributed by atoms with E-state index in [4.69, 9.17) is 0 Å². The van der Waals surface area contributed by atoms with Crippen LogP contribution in [0.25, 0.3) is 93.6 Å². The van der Waals surface area contributed by atoms with Crippen LogP contribution in [0.1, 0.15) is 0 Å². The highest BCUT2D eigenvalue weighted by molar-refractivity contribution is 7.20. The Labute approximate surface area is 407 Å². The fourth-order valence-electron chi connectivity index (χ4n) is 11.9. The van der Waals surface area contributed by atoms with E-state index in [1.54, 1.807) is 0 Å². The Kier molecular flexibility index (Phi) is 9.23. The molecule has 0 saturated carbocycles. The molecule has 0 fully saturated rings. The van der Waals surface area contributed by atoms with E-state index in [-0.39, 0.29) is 0 Å². The van der Waals surface area contributed by atoms with Crippen molar-refractivity contribution in [1.29, 1.82) is 0 Å². The van der Waals surface area contributed by atoms with E-state index in [9.17, 15) is 0 Å². The molecule has 0 bridgehead atoms. The van der Waals surface area contributed by atoms with Crippen LogP contribution in [0.15, 0.2) is 273 Å². The fraction of sp³-hybridized carbons (Fsp3) is 0. The van der Waals surface area contributed by atoms with Crippen LogP contribution in [0.2, 0.25) is 0 Å². The number of hydrogen-bond acceptors (Lipinski definition) is 0. The van der Waals surface area contributed by atoms with Gasteiger partial charge in [-0.25, -0.2) is 0 Å².